The molecule has 1 heteroatoms. The molecule has 16 heavy (non-hydrogen) atoms. The third-order valence-electron chi connectivity index (χ3n) is 5.08. The molecule has 2 aliphatic carbocycles. The summed E-state index contributed by atoms with van der Waals surface area (Å²) in [6, 6.07) is 0.846. The first-order valence-electron chi connectivity index (χ1n) is 7.53. The minimum absolute atomic E-state index is 0.846. The van der Waals surface area contributed by atoms with Gasteiger partial charge < -0.3 is 5.32 Å². The van der Waals surface area contributed by atoms with Crippen molar-refractivity contribution >= 4 is 0 Å². The van der Waals surface area contributed by atoms with E-state index in [4.69, 9.17) is 0 Å². The van der Waals surface area contributed by atoms with Gasteiger partial charge in [0, 0.05) is 6.04 Å². The van der Waals surface area contributed by atoms with Gasteiger partial charge in [0.1, 0.15) is 0 Å². The fourth-order valence-electron chi connectivity index (χ4n) is 3.65. The first-order valence-corrected chi connectivity index (χ1v) is 7.53. The first-order chi connectivity index (χ1) is 7.79. The molecule has 1 N–H and O–H groups in total. The maximum Gasteiger partial charge on any atom is 0.00699 e. The lowest BCUT2D eigenvalue weighted by Crippen LogP contribution is -2.35. The number of nitrogens with one attached hydrogen (secondary N) is 1. The summed E-state index contributed by atoms with van der Waals surface area (Å²) < 4.78 is 0. The predicted molar refractivity (Wildman–Crippen MR) is 70.5 cm³/mol. The van der Waals surface area contributed by atoms with Crippen LogP contribution in [0.1, 0.15) is 65.2 Å². The van der Waals surface area contributed by atoms with Gasteiger partial charge in [0.25, 0.3) is 0 Å². The third kappa shape index (κ3) is 3.23. The van der Waals surface area contributed by atoms with Crippen LogP contribution in [0.3, 0.4) is 0 Å². The quantitative estimate of drug-likeness (QED) is 0.760. The van der Waals surface area contributed by atoms with Gasteiger partial charge in [0.15, 0.2) is 0 Å². The van der Waals surface area contributed by atoms with Crippen molar-refractivity contribution in [1.82, 2.24) is 5.32 Å². The van der Waals surface area contributed by atoms with Gasteiger partial charge >= 0.3 is 0 Å². The van der Waals surface area contributed by atoms with Gasteiger partial charge in [-0.2, -0.15) is 0 Å². The molecule has 2 aliphatic rings. The molecule has 0 aromatic carbocycles. The molecule has 4 unspecified atom stereocenters. The van der Waals surface area contributed by atoms with Gasteiger partial charge in [0.2, 0.25) is 0 Å². The summed E-state index contributed by atoms with van der Waals surface area (Å²) in [6.07, 6.45) is 11.6. The Balaban J connectivity index is 1.67. The first kappa shape index (κ1) is 12.4. The van der Waals surface area contributed by atoms with Crippen LogP contribution in [0.4, 0.5) is 0 Å². The SMILES string of the molecule is CCC1CCC(NCC2CCCCC2C)C1. The van der Waals surface area contributed by atoms with E-state index in [1.165, 1.54) is 57.9 Å². The van der Waals surface area contributed by atoms with E-state index in [0.717, 1.165) is 23.8 Å². The Kier molecular flexibility index (Phi) is 4.69. The molecule has 0 bridgehead atoms. The second kappa shape index (κ2) is 6.05. The molecular weight excluding hydrogens is 194 g/mol. The summed E-state index contributed by atoms with van der Waals surface area (Å²) >= 11 is 0. The van der Waals surface area contributed by atoms with Gasteiger partial charge in [-0.3, -0.25) is 0 Å². The second-order valence-corrected chi connectivity index (χ2v) is 6.21. The van der Waals surface area contributed by atoms with E-state index < -0.39 is 0 Å². The molecule has 0 spiro atoms. The third-order valence-corrected chi connectivity index (χ3v) is 5.08. The monoisotopic (exact) mass is 223 g/mol. The van der Waals surface area contributed by atoms with Crippen molar-refractivity contribution in [1.29, 1.82) is 0 Å². The Morgan fingerprint density at radius 2 is 1.88 bits per heavy atom. The van der Waals surface area contributed by atoms with Crippen LogP contribution in [-0.4, -0.2) is 12.6 Å². The summed E-state index contributed by atoms with van der Waals surface area (Å²) in [4.78, 5) is 0. The molecule has 1 nitrogen and oxygen atoms in total. The zero-order valence-corrected chi connectivity index (χ0v) is 11.2. The van der Waals surface area contributed by atoms with Crippen LogP contribution in [0.15, 0.2) is 0 Å². The van der Waals surface area contributed by atoms with E-state index >= 15 is 0 Å². The summed E-state index contributed by atoms with van der Waals surface area (Å²) in [6.45, 7) is 6.09. The maximum atomic E-state index is 3.85. The van der Waals surface area contributed by atoms with Gasteiger partial charge in [-0.15, -0.1) is 0 Å². The highest BCUT2D eigenvalue weighted by atomic mass is 14.9. The van der Waals surface area contributed by atoms with Crippen molar-refractivity contribution in [2.24, 2.45) is 17.8 Å². The topological polar surface area (TPSA) is 12.0 Å². The molecule has 4 atom stereocenters. The molecule has 0 aromatic heterocycles. The Bertz CT molecular complexity index is 202. The highest BCUT2D eigenvalue weighted by Crippen LogP contribution is 2.31. The van der Waals surface area contributed by atoms with E-state index in [-0.39, 0.29) is 0 Å². The Hall–Kier alpha value is -0.0400. The van der Waals surface area contributed by atoms with Gasteiger partial charge in [-0.25, -0.2) is 0 Å². The Morgan fingerprint density at radius 1 is 1.06 bits per heavy atom. The summed E-state index contributed by atoms with van der Waals surface area (Å²) in [5.41, 5.74) is 0. The summed E-state index contributed by atoms with van der Waals surface area (Å²) in [5, 5.41) is 3.85. The minimum Gasteiger partial charge on any atom is -0.314 e. The van der Waals surface area contributed by atoms with Crippen LogP contribution < -0.4 is 5.32 Å². The van der Waals surface area contributed by atoms with Crippen LogP contribution in [0, 0.1) is 17.8 Å². The largest absolute Gasteiger partial charge is 0.314 e. The lowest BCUT2D eigenvalue weighted by molar-refractivity contribution is 0.240. The zero-order valence-electron chi connectivity index (χ0n) is 11.2. The van der Waals surface area contributed by atoms with Crippen molar-refractivity contribution in [3.8, 4) is 0 Å². The molecule has 0 saturated heterocycles. The highest BCUT2D eigenvalue weighted by molar-refractivity contribution is 4.82. The van der Waals surface area contributed by atoms with Crippen LogP contribution in [0.25, 0.3) is 0 Å². The van der Waals surface area contributed by atoms with Crippen LogP contribution in [0.5, 0.6) is 0 Å². The molecule has 0 heterocycles. The van der Waals surface area contributed by atoms with Crippen molar-refractivity contribution in [2.75, 3.05) is 6.54 Å². The standard InChI is InChI=1S/C15H29N/c1-3-13-8-9-15(10-13)16-11-14-7-5-4-6-12(14)2/h12-16H,3-11H2,1-2H3. The highest BCUT2D eigenvalue weighted by Gasteiger charge is 2.25. The normalized spacial score (nSPS) is 40.1. The van der Waals surface area contributed by atoms with Gasteiger partial charge in [-0.05, 0) is 50.0 Å². The van der Waals surface area contributed by atoms with E-state index in [0.29, 0.717) is 0 Å². The van der Waals surface area contributed by atoms with Crippen molar-refractivity contribution in [2.45, 2.75) is 71.3 Å². The number of rotatable bonds is 4. The Morgan fingerprint density at radius 3 is 2.56 bits per heavy atom. The lowest BCUT2D eigenvalue weighted by Gasteiger charge is -2.30. The average Bonchev–Trinajstić information content (AvgIpc) is 2.76. The van der Waals surface area contributed by atoms with Crippen molar-refractivity contribution in [3.05, 3.63) is 0 Å². The molecule has 2 fully saturated rings. The van der Waals surface area contributed by atoms with E-state index in [2.05, 4.69) is 19.2 Å². The van der Waals surface area contributed by atoms with Crippen LogP contribution in [0.2, 0.25) is 0 Å². The summed E-state index contributed by atoms with van der Waals surface area (Å²) in [5.74, 6) is 2.94. The molecule has 0 aliphatic heterocycles. The van der Waals surface area contributed by atoms with E-state index in [9.17, 15) is 0 Å². The van der Waals surface area contributed by atoms with Crippen molar-refractivity contribution < 1.29 is 0 Å². The molecular formula is C15H29N. The van der Waals surface area contributed by atoms with Crippen LogP contribution in [-0.2, 0) is 0 Å². The van der Waals surface area contributed by atoms with Crippen LogP contribution >= 0.6 is 0 Å². The maximum absolute atomic E-state index is 3.85. The summed E-state index contributed by atoms with van der Waals surface area (Å²) in [7, 11) is 0. The molecule has 94 valence electrons. The van der Waals surface area contributed by atoms with Crippen molar-refractivity contribution in [3.63, 3.8) is 0 Å². The number of hydrogen-bond acceptors (Lipinski definition) is 1. The fraction of sp³-hybridized carbons (Fsp3) is 1.00. The minimum atomic E-state index is 0.846. The molecule has 0 aromatic rings. The molecule has 0 amide bonds. The molecule has 2 rings (SSSR count). The predicted octanol–water partition coefficient (Wildman–Crippen LogP) is 3.98. The zero-order chi connectivity index (χ0) is 11.4. The van der Waals surface area contributed by atoms with Gasteiger partial charge in [0.05, 0.1) is 0 Å². The lowest BCUT2D eigenvalue weighted by atomic mass is 9.80. The molecule has 2 saturated carbocycles. The second-order valence-electron chi connectivity index (χ2n) is 6.21. The number of hydrogen-bond donors (Lipinski definition) is 1. The smallest absolute Gasteiger partial charge is 0.00699 e. The molecule has 0 radical (unpaired) electrons. The fourth-order valence-corrected chi connectivity index (χ4v) is 3.65. The Labute approximate surface area is 101 Å². The van der Waals surface area contributed by atoms with Gasteiger partial charge in [-0.1, -0.05) is 39.5 Å². The average molecular weight is 223 g/mol. The van der Waals surface area contributed by atoms with E-state index in [1.54, 1.807) is 0 Å². The van der Waals surface area contributed by atoms with E-state index in [1.807, 2.05) is 0 Å².